The zero-order valence-corrected chi connectivity index (χ0v) is 16.1. The lowest BCUT2D eigenvalue weighted by molar-refractivity contribution is 0.100. The lowest BCUT2D eigenvalue weighted by Gasteiger charge is -2.11. The number of halogens is 1. The maximum atomic E-state index is 14.1. The summed E-state index contributed by atoms with van der Waals surface area (Å²) in [6.07, 6.45) is 1.54. The fraction of sp³-hybridized carbons (Fsp3) is 0.182. The molecule has 5 nitrogen and oxygen atoms in total. The fourth-order valence-electron chi connectivity index (χ4n) is 3.02. The Morgan fingerprint density at radius 1 is 1.00 bits per heavy atom. The first-order valence-electron chi connectivity index (χ1n) is 8.79. The summed E-state index contributed by atoms with van der Waals surface area (Å²) in [7, 11) is 0. The van der Waals surface area contributed by atoms with Gasteiger partial charge in [0.1, 0.15) is 0 Å². The van der Waals surface area contributed by atoms with Gasteiger partial charge in [0.15, 0.2) is 5.78 Å². The number of carbonyl (C=O) groups excluding carboxylic acids is 2. The Labute approximate surface area is 162 Å². The summed E-state index contributed by atoms with van der Waals surface area (Å²) in [5.41, 5.74) is 4.51. The zero-order valence-electron chi connectivity index (χ0n) is 16.1. The molecule has 1 amide bonds. The Balaban J connectivity index is 1.92. The number of ketones is 1. The van der Waals surface area contributed by atoms with E-state index >= 15 is 0 Å². The van der Waals surface area contributed by atoms with Crippen LogP contribution < -0.4 is 5.32 Å². The maximum Gasteiger partial charge on any atom is 0.255 e. The van der Waals surface area contributed by atoms with E-state index in [1.165, 1.54) is 13.0 Å². The van der Waals surface area contributed by atoms with E-state index in [9.17, 15) is 14.0 Å². The Morgan fingerprint density at radius 2 is 1.68 bits per heavy atom. The van der Waals surface area contributed by atoms with Crippen molar-refractivity contribution in [1.29, 1.82) is 0 Å². The van der Waals surface area contributed by atoms with Crippen LogP contribution in [-0.2, 0) is 0 Å². The molecule has 142 valence electrons. The average Bonchev–Trinajstić information content (AvgIpc) is 2.62. The molecule has 2 heterocycles. The van der Waals surface area contributed by atoms with Gasteiger partial charge in [-0.1, -0.05) is 17.2 Å². The number of benzene rings is 1. The van der Waals surface area contributed by atoms with Gasteiger partial charge < -0.3 is 5.32 Å². The van der Waals surface area contributed by atoms with Gasteiger partial charge >= 0.3 is 0 Å². The number of nitrogens with one attached hydrogen (secondary N) is 1. The number of aryl methyl sites for hydroxylation is 3. The minimum absolute atomic E-state index is 0.0614. The number of hydrogen-bond acceptors (Lipinski definition) is 4. The summed E-state index contributed by atoms with van der Waals surface area (Å²) in [5, 5.41) is 2.82. The van der Waals surface area contributed by atoms with Gasteiger partial charge in [0, 0.05) is 16.8 Å². The number of amides is 1. The molecule has 0 saturated heterocycles. The van der Waals surface area contributed by atoms with Gasteiger partial charge in [0.25, 0.3) is 5.91 Å². The van der Waals surface area contributed by atoms with Crippen LogP contribution in [0.3, 0.4) is 0 Å². The maximum absolute atomic E-state index is 14.1. The molecule has 28 heavy (non-hydrogen) atoms. The van der Waals surface area contributed by atoms with Gasteiger partial charge in [0.2, 0.25) is 5.95 Å². The molecule has 0 unspecified atom stereocenters. The Hall–Kier alpha value is -3.41. The molecular weight excluding hydrogens is 357 g/mol. The molecule has 0 aliphatic rings. The summed E-state index contributed by atoms with van der Waals surface area (Å²) >= 11 is 0. The minimum atomic E-state index is -0.825. The van der Waals surface area contributed by atoms with E-state index in [0.717, 1.165) is 11.1 Å². The van der Waals surface area contributed by atoms with Gasteiger partial charge in [-0.15, -0.1) is 0 Å². The van der Waals surface area contributed by atoms with E-state index in [1.807, 2.05) is 32.0 Å². The summed E-state index contributed by atoms with van der Waals surface area (Å²) < 4.78 is 14.1. The van der Waals surface area contributed by atoms with E-state index < -0.39 is 5.95 Å². The lowest BCUT2D eigenvalue weighted by Crippen LogP contribution is -2.13. The van der Waals surface area contributed by atoms with Crippen LogP contribution in [0, 0.1) is 26.7 Å². The largest absolute Gasteiger partial charge is 0.321 e. The first-order chi connectivity index (χ1) is 13.2. The van der Waals surface area contributed by atoms with Crippen LogP contribution >= 0.6 is 0 Å². The van der Waals surface area contributed by atoms with Crippen molar-refractivity contribution in [1.82, 2.24) is 9.97 Å². The number of Topliss-reactive ketones (excluding diaryl/α,β-unsaturated/α-hetero) is 1. The molecular formula is C22H20FN3O2. The average molecular weight is 377 g/mol. The van der Waals surface area contributed by atoms with Crippen molar-refractivity contribution in [2.24, 2.45) is 0 Å². The van der Waals surface area contributed by atoms with Gasteiger partial charge in [0.05, 0.1) is 23.1 Å². The third-order valence-corrected chi connectivity index (χ3v) is 4.33. The van der Waals surface area contributed by atoms with Crippen LogP contribution in [0.15, 0.2) is 42.6 Å². The summed E-state index contributed by atoms with van der Waals surface area (Å²) in [6, 6.07) is 10.3. The van der Waals surface area contributed by atoms with Crippen molar-refractivity contribution >= 4 is 17.4 Å². The molecule has 0 spiro atoms. The molecule has 2 aromatic heterocycles. The van der Waals surface area contributed by atoms with E-state index in [0.29, 0.717) is 28.2 Å². The third kappa shape index (κ3) is 4.11. The van der Waals surface area contributed by atoms with E-state index in [4.69, 9.17) is 0 Å². The van der Waals surface area contributed by atoms with Crippen molar-refractivity contribution < 1.29 is 14.0 Å². The minimum Gasteiger partial charge on any atom is -0.321 e. The fourth-order valence-corrected chi connectivity index (χ4v) is 3.02. The highest BCUT2D eigenvalue weighted by Crippen LogP contribution is 2.25. The number of rotatable bonds is 4. The Bertz CT molecular complexity index is 1070. The van der Waals surface area contributed by atoms with Gasteiger partial charge in [-0.3, -0.25) is 14.6 Å². The van der Waals surface area contributed by atoms with Gasteiger partial charge in [-0.05, 0) is 58.0 Å². The summed E-state index contributed by atoms with van der Waals surface area (Å²) in [6.45, 7) is 6.92. The highest BCUT2D eigenvalue weighted by atomic mass is 19.1. The Kier molecular flexibility index (Phi) is 5.31. The number of nitrogens with zero attached hydrogens (tertiary/aromatic N) is 2. The van der Waals surface area contributed by atoms with Crippen molar-refractivity contribution in [3.63, 3.8) is 0 Å². The second kappa shape index (κ2) is 7.68. The highest BCUT2D eigenvalue weighted by Gasteiger charge is 2.14. The lowest BCUT2D eigenvalue weighted by atomic mass is 10.1. The van der Waals surface area contributed by atoms with Crippen LogP contribution in [0.4, 0.5) is 10.1 Å². The molecule has 1 N–H and O–H groups in total. The molecule has 1 aromatic carbocycles. The standard InChI is InChI=1S/C22H20FN3O2/c1-12-7-13(2)9-16(8-12)22(28)25-17-10-19(14(3)24-11-17)20-6-5-18(15(4)27)21(23)26-20/h5-11H,1-4H3,(H,25,28). The topological polar surface area (TPSA) is 72.0 Å². The van der Waals surface area contributed by atoms with E-state index in [1.54, 1.807) is 25.3 Å². The molecule has 0 atom stereocenters. The number of aromatic nitrogens is 2. The molecule has 6 heteroatoms. The zero-order chi connectivity index (χ0) is 20.4. The van der Waals surface area contributed by atoms with Crippen molar-refractivity contribution in [2.45, 2.75) is 27.7 Å². The molecule has 3 rings (SSSR count). The first kappa shape index (κ1) is 19.4. The normalized spacial score (nSPS) is 10.6. The quantitative estimate of drug-likeness (QED) is 0.530. The number of carbonyl (C=O) groups is 2. The van der Waals surface area contributed by atoms with Crippen molar-refractivity contribution in [3.05, 3.63) is 76.5 Å². The van der Waals surface area contributed by atoms with Crippen LogP contribution in [0.5, 0.6) is 0 Å². The van der Waals surface area contributed by atoms with Gasteiger partial charge in [-0.25, -0.2) is 4.98 Å². The molecule has 0 fully saturated rings. The second-order valence-electron chi connectivity index (χ2n) is 6.78. The summed E-state index contributed by atoms with van der Waals surface area (Å²) in [5.74, 6) is -1.47. The molecule has 0 aliphatic heterocycles. The van der Waals surface area contributed by atoms with Crippen LogP contribution in [0.2, 0.25) is 0 Å². The summed E-state index contributed by atoms with van der Waals surface area (Å²) in [4.78, 5) is 32.1. The first-order valence-corrected chi connectivity index (χ1v) is 8.79. The Morgan fingerprint density at radius 3 is 2.29 bits per heavy atom. The highest BCUT2D eigenvalue weighted by molar-refractivity contribution is 6.04. The predicted octanol–water partition coefficient (Wildman–Crippen LogP) is 4.66. The van der Waals surface area contributed by atoms with Crippen LogP contribution in [0.25, 0.3) is 11.3 Å². The second-order valence-corrected chi connectivity index (χ2v) is 6.78. The predicted molar refractivity (Wildman–Crippen MR) is 106 cm³/mol. The molecule has 0 radical (unpaired) electrons. The van der Waals surface area contributed by atoms with Crippen molar-refractivity contribution in [3.8, 4) is 11.3 Å². The van der Waals surface area contributed by atoms with Crippen LogP contribution in [0.1, 0.15) is 44.5 Å². The van der Waals surface area contributed by atoms with E-state index in [-0.39, 0.29) is 17.3 Å². The molecule has 3 aromatic rings. The number of hydrogen-bond donors (Lipinski definition) is 1. The smallest absolute Gasteiger partial charge is 0.255 e. The van der Waals surface area contributed by atoms with Gasteiger partial charge in [-0.2, -0.15) is 4.39 Å². The SMILES string of the molecule is CC(=O)c1ccc(-c2cc(NC(=O)c3cc(C)cc(C)c3)cnc2C)nc1F. The van der Waals surface area contributed by atoms with Crippen molar-refractivity contribution in [2.75, 3.05) is 5.32 Å². The molecule has 0 bridgehead atoms. The van der Waals surface area contributed by atoms with Crippen LogP contribution in [-0.4, -0.2) is 21.7 Å². The van der Waals surface area contributed by atoms with E-state index in [2.05, 4.69) is 15.3 Å². The number of anilines is 1. The third-order valence-electron chi connectivity index (χ3n) is 4.33. The monoisotopic (exact) mass is 377 g/mol. The molecule has 0 saturated carbocycles. The number of pyridine rings is 2. The molecule has 0 aliphatic carbocycles.